The van der Waals surface area contributed by atoms with Crippen molar-refractivity contribution in [2.24, 2.45) is 0 Å². The smallest absolute Gasteiger partial charge is 0.250 e. The first kappa shape index (κ1) is 21.1. The van der Waals surface area contributed by atoms with Crippen molar-refractivity contribution in [1.82, 2.24) is 4.98 Å². The van der Waals surface area contributed by atoms with Gasteiger partial charge in [-0.1, -0.05) is 38.4 Å². The fraction of sp³-hybridized carbons (Fsp3) is 0.476. The van der Waals surface area contributed by atoms with Crippen LogP contribution >= 0.6 is 11.6 Å². The molecule has 0 radical (unpaired) electrons. The standard InChI is InChI=1S/C21H28ClFN2O2Si/c1-14-9-18(23)19(24-11-14)25-12-21(26,13-25)16-8-7-15(10-17(16)22)27-28(5,6)20(2,3)4/h7-11,26H,12-13H2,1-6H3. The Morgan fingerprint density at radius 1 is 1.25 bits per heavy atom. The minimum absolute atomic E-state index is 0.0793. The van der Waals surface area contributed by atoms with Crippen molar-refractivity contribution in [3.63, 3.8) is 0 Å². The summed E-state index contributed by atoms with van der Waals surface area (Å²) in [6.45, 7) is 13.2. The van der Waals surface area contributed by atoms with Crippen LogP contribution < -0.4 is 9.33 Å². The number of hydrogen-bond donors (Lipinski definition) is 1. The fourth-order valence-electron chi connectivity index (χ4n) is 3.05. The fourth-order valence-corrected chi connectivity index (χ4v) is 4.42. The molecule has 2 aromatic rings. The lowest BCUT2D eigenvalue weighted by Gasteiger charge is -2.47. The van der Waals surface area contributed by atoms with Gasteiger partial charge in [0.15, 0.2) is 11.6 Å². The van der Waals surface area contributed by atoms with E-state index in [2.05, 4.69) is 38.8 Å². The largest absolute Gasteiger partial charge is 0.543 e. The number of halogens is 2. The highest BCUT2D eigenvalue weighted by atomic mass is 35.5. The summed E-state index contributed by atoms with van der Waals surface area (Å²) in [5.41, 5.74) is 0.254. The lowest BCUT2D eigenvalue weighted by molar-refractivity contribution is 0.00675. The summed E-state index contributed by atoms with van der Waals surface area (Å²) < 4.78 is 20.4. The molecular weight excluding hydrogens is 395 g/mol. The zero-order valence-electron chi connectivity index (χ0n) is 17.3. The Morgan fingerprint density at radius 3 is 2.43 bits per heavy atom. The Morgan fingerprint density at radius 2 is 1.89 bits per heavy atom. The van der Waals surface area contributed by atoms with E-state index in [9.17, 15) is 9.50 Å². The van der Waals surface area contributed by atoms with E-state index in [1.807, 2.05) is 6.07 Å². The van der Waals surface area contributed by atoms with Gasteiger partial charge in [0.25, 0.3) is 0 Å². The number of aromatic nitrogens is 1. The summed E-state index contributed by atoms with van der Waals surface area (Å²) in [6, 6.07) is 6.87. The number of nitrogens with zero attached hydrogens (tertiary/aromatic N) is 2. The first-order valence-corrected chi connectivity index (χ1v) is 12.7. The van der Waals surface area contributed by atoms with Crippen LogP contribution in [0.25, 0.3) is 0 Å². The summed E-state index contributed by atoms with van der Waals surface area (Å²) >= 11 is 6.48. The van der Waals surface area contributed by atoms with Crippen molar-refractivity contribution >= 4 is 25.7 Å². The van der Waals surface area contributed by atoms with Gasteiger partial charge in [-0.15, -0.1) is 0 Å². The summed E-state index contributed by atoms with van der Waals surface area (Å²) in [5.74, 6) is 0.585. The highest BCUT2D eigenvalue weighted by Crippen LogP contribution is 2.42. The quantitative estimate of drug-likeness (QED) is 0.681. The Labute approximate surface area is 172 Å². The molecule has 1 aliphatic rings. The average molecular weight is 423 g/mol. The predicted molar refractivity (Wildman–Crippen MR) is 114 cm³/mol. The molecule has 1 N–H and O–H groups in total. The number of rotatable bonds is 4. The Balaban J connectivity index is 1.76. The number of anilines is 1. The molecule has 1 aromatic heterocycles. The second-order valence-electron chi connectivity index (χ2n) is 9.21. The molecule has 0 amide bonds. The van der Waals surface area contributed by atoms with Crippen molar-refractivity contribution in [1.29, 1.82) is 0 Å². The van der Waals surface area contributed by atoms with E-state index in [1.165, 1.54) is 6.07 Å². The first-order valence-electron chi connectivity index (χ1n) is 9.41. The third kappa shape index (κ3) is 3.91. The lowest BCUT2D eigenvalue weighted by Crippen LogP contribution is -2.60. The molecule has 4 nitrogen and oxygen atoms in total. The molecule has 0 atom stereocenters. The maximum Gasteiger partial charge on any atom is 0.250 e. The van der Waals surface area contributed by atoms with Crippen LogP contribution in [0.1, 0.15) is 31.9 Å². The monoisotopic (exact) mass is 422 g/mol. The number of benzene rings is 1. The summed E-state index contributed by atoms with van der Waals surface area (Å²) in [6.07, 6.45) is 1.62. The number of aryl methyl sites for hydroxylation is 1. The van der Waals surface area contributed by atoms with Crippen LogP contribution in [0.3, 0.4) is 0 Å². The van der Waals surface area contributed by atoms with Crippen molar-refractivity contribution in [2.45, 2.75) is 51.4 Å². The zero-order chi connectivity index (χ0) is 20.9. The molecule has 7 heteroatoms. The summed E-state index contributed by atoms with van der Waals surface area (Å²) in [7, 11) is -1.97. The lowest BCUT2D eigenvalue weighted by atomic mass is 9.86. The second-order valence-corrected chi connectivity index (χ2v) is 14.3. The van der Waals surface area contributed by atoms with Gasteiger partial charge in [0, 0.05) is 11.8 Å². The topological polar surface area (TPSA) is 45.6 Å². The molecule has 1 aliphatic heterocycles. The summed E-state index contributed by atoms with van der Waals surface area (Å²) in [5, 5.41) is 11.5. The number of pyridine rings is 1. The van der Waals surface area contributed by atoms with Gasteiger partial charge >= 0.3 is 0 Å². The van der Waals surface area contributed by atoms with E-state index in [0.717, 1.165) is 5.56 Å². The third-order valence-electron chi connectivity index (χ3n) is 5.78. The SMILES string of the molecule is Cc1cnc(N2CC(O)(c3ccc(O[Si](C)(C)C(C)(C)C)cc3Cl)C2)c(F)c1. The van der Waals surface area contributed by atoms with E-state index in [0.29, 0.717) is 16.3 Å². The number of aliphatic hydroxyl groups is 1. The molecule has 3 rings (SSSR count). The minimum Gasteiger partial charge on any atom is -0.543 e. The van der Waals surface area contributed by atoms with E-state index in [-0.39, 0.29) is 29.8 Å². The van der Waals surface area contributed by atoms with Crippen molar-refractivity contribution in [3.05, 3.63) is 52.4 Å². The molecule has 1 saturated heterocycles. The van der Waals surface area contributed by atoms with Crippen molar-refractivity contribution < 1.29 is 13.9 Å². The average Bonchev–Trinajstić information content (AvgIpc) is 2.51. The predicted octanol–water partition coefficient (Wildman–Crippen LogP) is 5.27. The Kier molecular flexibility index (Phi) is 5.28. The molecule has 0 saturated carbocycles. The van der Waals surface area contributed by atoms with Gasteiger partial charge in [-0.25, -0.2) is 9.37 Å². The third-order valence-corrected chi connectivity index (χ3v) is 10.5. The van der Waals surface area contributed by atoms with Crippen molar-refractivity contribution in [3.8, 4) is 5.75 Å². The maximum atomic E-state index is 14.1. The van der Waals surface area contributed by atoms with Crippen molar-refractivity contribution in [2.75, 3.05) is 18.0 Å². The van der Waals surface area contributed by atoms with Gasteiger partial charge in [-0.2, -0.15) is 0 Å². The van der Waals surface area contributed by atoms with Crippen LogP contribution in [0, 0.1) is 12.7 Å². The van der Waals surface area contributed by atoms with E-state index >= 15 is 0 Å². The molecule has 1 aromatic carbocycles. The van der Waals surface area contributed by atoms with E-state index in [1.54, 1.807) is 30.2 Å². The molecule has 0 unspecified atom stereocenters. The molecule has 0 bridgehead atoms. The zero-order valence-corrected chi connectivity index (χ0v) is 19.1. The molecular formula is C21H28ClFN2O2Si. The van der Waals surface area contributed by atoms with Crippen LogP contribution in [-0.4, -0.2) is 31.5 Å². The number of β-amino-alcohol motifs (C(OH)–C–C–N with tert-alkyl or cyclic N) is 1. The van der Waals surface area contributed by atoms with Crippen LogP contribution in [0.4, 0.5) is 10.2 Å². The van der Waals surface area contributed by atoms with E-state index < -0.39 is 13.9 Å². The van der Waals surface area contributed by atoms with Gasteiger partial charge in [-0.3, -0.25) is 0 Å². The van der Waals surface area contributed by atoms with Crippen LogP contribution in [0.5, 0.6) is 5.75 Å². The summed E-state index contributed by atoms with van der Waals surface area (Å²) in [4.78, 5) is 5.86. The van der Waals surface area contributed by atoms with Gasteiger partial charge in [0.1, 0.15) is 11.4 Å². The van der Waals surface area contributed by atoms with Gasteiger partial charge in [-0.05, 0) is 48.8 Å². The molecule has 0 spiro atoms. The van der Waals surface area contributed by atoms with Gasteiger partial charge in [0.05, 0.1) is 18.1 Å². The first-order chi connectivity index (χ1) is 12.8. The highest BCUT2D eigenvalue weighted by molar-refractivity contribution is 6.74. The normalized spacial score (nSPS) is 16.7. The second kappa shape index (κ2) is 7.01. The molecule has 1 fully saturated rings. The maximum absolute atomic E-state index is 14.1. The molecule has 2 heterocycles. The van der Waals surface area contributed by atoms with Crippen LogP contribution in [0.2, 0.25) is 23.2 Å². The molecule has 152 valence electrons. The Hall–Kier alpha value is -1.63. The van der Waals surface area contributed by atoms with Gasteiger partial charge < -0.3 is 14.4 Å². The van der Waals surface area contributed by atoms with Gasteiger partial charge in [0.2, 0.25) is 8.32 Å². The molecule has 28 heavy (non-hydrogen) atoms. The van der Waals surface area contributed by atoms with Crippen LogP contribution in [-0.2, 0) is 5.60 Å². The number of hydrogen-bond acceptors (Lipinski definition) is 4. The highest BCUT2D eigenvalue weighted by Gasteiger charge is 2.45. The molecule has 0 aliphatic carbocycles. The minimum atomic E-state index is -1.97. The Bertz CT molecular complexity index is 892. The van der Waals surface area contributed by atoms with Crippen LogP contribution in [0.15, 0.2) is 30.5 Å². The van der Waals surface area contributed by atoms with E-state index in [4.69, 9.17) is 16.0 Å².